The molecule has 0 amide bonds. The topological polar surface area (TPSA) is 0 Å². The Morgan fingerprint density at radius 2 is 2.31 bits per heavy atom. The summed E-state index contributed by atoms with van der Waals surface area (Å²) >= 11 is 7.02. The Bertz CT molecular complexity index is 452. The molecule has 0 unspecified atom stereocenters. The van der Waals surface area contributed by atoms with Crippen molar-refractivity contribution >= 4 is 59.9 Å². The second-order valence-electron chi connectivity index (χ2n) is 2.63. The molecule has 0 aliphatic carbocycles. The Hall–Kier alpha value is 0.320. The first kappa shape index (κ1) is 9.86. The van der Waals surface area contributed by atoms with Gasteiger partial charge in [0.1, 0.15) is 5.82 Å². The SMILES string of the molecule is Fc1c(I)cc(CBr)c2sccc12. The van der Waals surface area contributed by atoms with Crippen molar-refractivity contribution in [3.63, 3.8) is 0 Å². The molecule has 0 N–H and O–H groups in total. The van der Waals surface area contributed by atoms with E-state index in [0.29, 0.717) is 3.57 Å². The molecule has 4 heteroatoms. The lowest BCUT2D eigenvalue weighted by Crippen LogP contribution is -1.86. The van der Waals surface area contributed by atoms with Gasteiger partial charge in [0.2, 0.25) is 0 Å². The number of hydrogen-bond acceptors (Lipinski definition) is 1. The number of fused-ring (bicyclic) bond motifs is 1. The molecule has 0 radical (unpaired) electrons. The smallest absolute Gasteiger partial charge is 0.145 e. The second kappa shape index (κ2) is 3.82. The van der Waals surface area contributed by atoms with Gasteiger partial charge < -0.3 is 0 Å². The van der Waals surface area contributed by atoms with Gasteiger partial charge in [0.05, 0.1) is 0 Å². The molecule has 0 aliphatic heterocycles. The number of thiophene rings is 1. The maximum atomic E-state index is 13.5. The van der Waals surface area contributed by atoms with E-state index in [0.717, 1.165) is 21.0 Å². The number of benzene rings is 1. The maximum Gasteiger partial charge on any atom is 0.145 e. The predicted molar refractivity (Wildman–Crippen MR) is 67.1 cm³/mol. The average molecular weight is 371 g/mol. The number of hydrogen-bond donors (Lipinski definition) is 0. The largest absolute Gasteiger partial charge is 0.205 e. The summed E-state index contributed by atoms with van der Waals surface area (Å²) in [6.45, 7) is 0. The van der Waals surface area contributed by atoms with E-state index in [-0.39, 0.29) is 5.82 Å². The molecule has 0 spiro atoms. The predicted octanol–water partition coefficient (Wildman–Crippen LogP) is 4.54. The molecule has 68 valence electrons. The third-order valence-corrected chi connectivity index (χ3v) is 4.23. The molecule has 1 aromatic heterocycles. The Kier molecular flexibility index (Phi) is 2.90. The van der Waals surface area contributed by atoms with Crippen LogP contribution in [0.25, 0.3) is 10.1 Å². The minimum absolute atomic E-state index is 0.0958. The summed E-state index contributed by atoms with van der Waals surface area (Å²) in [5, 5.41) is 3.45. The van der Waals surface area contributed by atoms with Gasteiger partial charge in [0, 0.05) is 19.0 Å². The molecule has 13 heavy (non-hydrogen) atoms. The molecule has 1 heterocycles. The lowest BCUT2D eigenvalue weighted by Gasteiger charge is -2.01. The molecule has 2 aromatic rings. The summed E-state index contributed by atoms with van der Waals surface area (Å²) in [7, 11) is 0. The fraction of sp³-hybridized carbons (Fsp3) is 0.111. The minimum atomic E-state index is -0.0958. The second-order valence-corrected chi connectivity index (χ2v) is 5.27. The zero-order chi connectivity index (χ0) is 9.42. The summed E-state index contributed by atoms with van der Waals surface area (Å²) in [6, 6.07) is 3.73. The van der Waals surface area contributed by atoms with Gasteiger partial charge in [-0.05, 0) is 45.7 Å². The van der Waals surface area contributed by atoms with Crippen LogP contribution >= 0.6 is 49.9 Å². The number of halogens is 3. The van der Waals surface area contributed by atoms with E-state index in [1.807, 2.05) is 40.1 Å². The van der Waals surface area contributed by atoms with E-state index in [9.17, 15) is 4.39 Å². The summed E-state index contributed by atoms with van der Waals surface area (Å²) in [4.78, 5) is 0. The summed E-state index contributed by atoms with van der Waals surface area (Å²) in [5.74, 6) is -0.0958. The van der Waals surface area contributed by atoms with Crippen molar-refractivity contribution in [1.29, 1.82) is 0 Å². The summed E-state index contributed by atoms with van der Waals surface area (Å²) in [6.07, 6.45) is 0. The van der Waals surface area contributed by atoms with Crippen LogP contribution in [-0.4, -0.2) is 0 Å². The normalized spacial score (nSPS) is 11.0. The van der Waals surface area contributed by atoms with E-state index < -0.39 is 0 Å². The van der Waals surface area contributed by atoms with Gasteiger partial charge in [-0.15, -0.1) is 11.3 Å². The van der Waals surface area contributed by atoms with Gasteiger partial charge in [0.15, 0.2) is 0 Å². The quantitative estimate of drug-likeness (QED) is 0.510. The Balaban J connectivity index is 2.87. The van der Waals surface area contributed by atoms with E-state index in [2.05, 4.69) is 15.9 Å². The highest BCUT2D eigenvalue weighted by Gasteiger charge is 2.10. The third-order valence-electron chi connectivity index (χ3n) is 1.85. The van der Waals surface area contributed by atoms with Crippen molar-refractivity contribution in [3.8, 4) is 0 Å². The fourth-order valence-electron chi connectivity index (χ4n) is 1.24. The molecule has 0 saturated carbocycles. The van der Waals surface area contributed by atoms with Crippen molar-refractivity contribution < 1.29 is 4.39 Å². The first-order chi connectivity index (χ1) is 6.24. The van der Waals surface area contributed by atoms with Crippen LogP contribution in [0, 0.1) is 9.39 Å². The molecule has 0 atom stereocenters. The molecule has 0 aliphatic rings. The number of alkyl halides is 1. The monoisotopic (exact) mass is 370 g/mol. The molecule has 2 rings (SSSR count). The molecule has 0 fully saturated rings. The van der Waals surface area contributed by atoms with Crippen LogP contribution in [0.15, 0.2) is 17.5 Å². The first-order valence-corrected chi connectivity index (χ1v) is 6.72. The highest BCUT2D eigenvalue weighted by molar-refractivity contribution is 14.1. The Labute approximate surface area is 101 Å². The molecular weight excluding hydrogens is 366 g/mol. The van der Waals surface area contributed by atoms with Crippen LogP contribution in [-0.2, 0) is 5.33 Å². The van der Waals surface area contributed by atoms with Crippen molar-refractivity contribution in [2.75, 3.05) is 0 Å². The zero-order valence-electron chi connectivity index (χ0n) is 6.48. The van der Waals surface area contributed by atoms with Crippen LogP contribution in [0.2, 0.25) is 0 Å². The van der Waals surface area contributed by atoms with Gasteiger partial charge >= 0.3 is 0 Å². The van der Waals surface area contributed by atoms with Crippen molar-refractivity contribution in [2.24, 2.45) is 0 Å². The molecule has 0 bridgehead atoms. The summed E-state index contributed by atoms with van der Waals surface area (Å²) < 4.78 is 15.3. The van der Waals surface area contributed by atoms with Crippen LogP contribution in [0.1, 0.15) is 5.56 Å². The van der Waals surface area contributed by atoms with Gasteiger partial charge in [-0.2, -0.15) is 0 Å². The van der Waals surface area contributed by atoms with Crippen LogP contribution in [0.5, 0.6) is 0 Å². The molecule has 0 saturated heterocycles. The van der Waals surface area contributed by atoms with Gasteiger partial charge in [-0.25, -0.2) is 4.39 Å². The van der Waals surface area contributed by atoms with Crippen LogP contribution < -0.4 is 0 Å². The van der Waals surface area contributed by atoms with Gasteiger partial charge in [-0.1, -0.05) is 15.9 Å². The zero-order valence-corrected chi connectivity index (χ0v) is 11.0. The van der Waals surface area contributed by atoms with Crippen molar-refractivity contribution in [2.45, 2.75) is 5.33 Å². The third kappa shape index (κ3) is 1.64. The summed E-state index contributed by atoms with van der Waals surface area (Å²) in [5.41, 5.74) is 1.16. The Morgan fingerprint density at radius 1 is 1.54 bits per heavy atom. The van der Waals surface area contributed by atoms with Crippen molar-refractivity contribution in [3.05, 3.63) is 32.5 Å². The lowest BCUT2D eigenvalue weighted by atomic mass is 10.2. The van der Waals surface area contributed by atoms with Gasteiger partial charge in [-0.3, -0.25) is 0 Å². The minimum Gasteiger partial charge on any atom is -0.205 e. The van der Waals surface area contributed by atoms with Crippen LogP contribution in [0.4, 0.5) is 4.39 Å². The highest BCUT2D eigenvalue weighted by atomic mass is 127. The van der Waals surface area contributed by atoms with E-state index in [1.54, 1.807) is 11.3 Å². The fourth-order valence-corrected chi connectivity index (χ4v) is 3.44. The van der Waals surface area contributed by atoms with Gasteiger partial charge in [0.25, 0.3) is 0 Å². The Morgan fingerprint density at radius 3 is 3.00 bits per heavy atom. The van der Waals surface area contributed by atoms with E-state index in [1.165, 1.54) is 0 Å². The highest BCUT2D eigenvalue weighted by Crippen LogP contribution is 2.31. The molecule has 1 aromatic carbocycles. The number of rotatable bonds is 1. The van der Waals surface area contributed by atoms with E-state index in [4.69, 9.17) is 0 Å². The maximum absolute atomic E-state index is 13.5. The van der Waals surface area contributed by atoms with Crippen LogP contribution in [0.3, 0.4) is 0 Å². The first-order valence-electron chi connectivity index (χ1n) is 3.64. The molecular formula is C9H5BrFIS. The van der Waals surface area contributed by atoms with E-state index >= 15 is 0 Å². The molecule has 0 nitrogen and oxygen atoms in total. The lowest BCUT2D eigenvalue weighted by molar-refractivity contribution is 0.632. The standard InChI is InChI=1S/C9H5BrFIS/c10-4-5-3-7(12)8(11)6-1-2-13-9(5)6/h1-3H,4H2. The average Bonchev–Trinajstić information content (AvgIpc) is 2.60. The van der Waals surface area contributed by atoms with Crippen molar-refractivity contribution in [1.82, 2.24) is 0 Å².